The summed E-state index contributed by atoms with van der Waals surface area (Å²) < 4.78 is 1.93. The van der Waals surface area contributed by atoms with Crippen molar-refractivity contribution >= 4 is 46.2 Å². The first-order chi connectivity index (χ1) is 12.1. The minimum atomic E-state index is -0.857. The molecule has 2 aliphatic carbocycles. The summed E-state index contributed by atoms with van der Waals surface area (Å²) in [7, 11) is 0. The van der Waals surface area contributed by atoms with E-state index in [4.69, 9.17) is 16.7 Å². The molecule has 2 aliphatic rings. The van der Waals surface area contributed by atoms with Crippen LogP contribution in [0.4, 0.5) is 0 Å². The zero-order valence-electron chi connectivity index (χ0n) is 13.3. The maximum Gasteiger partial charge on any atom is 0.313 e. The van der Waals surface area contributed by atoms with Crippen molar-refractivity contribution in [3.63, 3.8) is 0 Å². The molecule has 8 heteroatoms. The second-order valence-corrected chi connectivity index (χ2v) is 8.49. The lowest BCUT2D eigenvalue weighted by molar-refractivity contribution is -0.133. The number of halogens is 1. The number of aromatic nitrogens is 3. The highest BCUT2D eigenvalue weighted by atomic mass is 35.5. The minimum absolute atomic E-state index is 0.0237. The minimum Gasteiger partial charge on any atom is -0.481 e. The number of carboxylic acids is 1. The van der Waals surface area contributed by atoms with Gasteiger partial charge in [0.15, 0.2) is 5.16 Å². The number of thioether (sulfide) groups is 1. The number of aliphatic carboxylic acids is 1. The van der Waals surface area contributed by atoms with Crippen LogP contribution in [-0.4, -0.2) is 37.0 Å². The fourth-order valence-electron chi connectivity index (χ4n) is 3.23. The van der Waals surface area contributed by atoms with E-state index in [-0.39, 0.29) is 11.1 Å². The van der Waals surface area contributed by atoms with E-state index >= 15 is 0 Å². The topological polar surface area (TPSA) is 68.0 Å². The van der Waals surface area contributed by atoms with E-state index in [1.807, 2.05) is 10.6 Å². The molecule has 0 spiro atoms. The summed E-state index contributed by atoms with van der Waals surface area (Å²) >= 11 is 9.09. The SMILES string of the molecule is O=C(O)CSc1nncn1-c1sc(C2=CCC(Cl)C=C2)c2c1CCC2. The van der Waals surface area contributed by atoms with Gasteiger partial charge < -0.3 is 5.11 Å². The number of hydrogen-bond donors (Lipinski definition) is 1. The molecule has 1 atom stereocenters. The Hall–Kier alpha value is -1.57. The number of carboxylic acid groups (broad SMARTS) is 1. The lowest BCUT2D eigenvalue weighted by Gasteiger charge is -2.10. The molecule has 0 bridgehead atoms. The van der Waals surface area contributed by atoms with Gasteiger partial charge in [-0.1, -0.05) is 30.0 Å². The monoisotopic (exact) mass is 393 g/mol. The van der Waals surface area contributed by atoms with Crippen LogP contribution in [-0.2, 0) is 17.6 Å². The maximum absolute atomic E-state index is 10.9. The summed E-state index contributed by atoms with van der Waals surface area (Å²) in [5, 5.41) is 18.8. The van der Waals surface area contributed by atoms with Crippen molar-refractivity contribution in [2.24, 2.45) is 0 Å². The number of thiophene rings is 1. The second kappa shape index (κ2) is 6.97. The highest BCUT2D eigenvalue weighted by Gasteiger charge is 2.26. The molecule has 2 aromatic heterocycles. The molecule has 0 amide bonds. The van der Waals surface area contributed by atoms with E-state index in [1.165, 1.54) is 33.3 Å². The van der Waals surface area contributed by atoms with Crippen LogP contribution < -0.4 is 0 Å². The highest BCUT2D eigenvalue weighted by molar-refractivity contribution is 7.99. The van der Waals surface area contributed by atoms with Crippen molar-refractivity contribution in [1.29, 1.82) is 0 Å². The Balaban J connectivity index is 1.73. The van der Waals surface area contributed by atoms with Crippen LogP contribution in [0.1, 0.15) is 28.8 Å². The van der Waals surface area contributed by atoms with Gasteiger partial charge in [0, 0.05) is 4.88 Å². The quantitative estimate of drug-likeness (QED) is 0.615. The molecule has 0 fully saturated rings. The fraction of sp³-hybridized carbons (Fsp3) is 0.353. The number of carbonyl (C=O) groups is 1. The van der Waals surface area contributed by atoms with E-state index in [0.29, 0.717) is 5.16 Å². The van der Waals surface area contributed by atoms with Gasteiger partial charge in [0.25, 0.3) is 0 Å². The van der Waals surface area contributed by atoms with Gasteiger partial charge in [-0.2, -0.15) is 0 Å². The molecule has 4 rings (SSSR count). The molecule has 25 heavy (non-hydrogen) atoms. The highest BCUT2D eigenvalue weighted by Crippen LogP contribution is 2.43. The Morgan fingerprint density at radius 3 is 3.04 bits per heavy atom. The second-order valence-electron chi connectivity index (χ2n) is 5.98. The zero-order chi connectivity index (χ0) is 17.4. The van der Waals surface area contributed by atoms with Gasteiger partial charge in [-0.15, -0.1) is 33.1 Å². The van der Waals surface area contributed by atoms with Crippen LogP contribution in [0.2, 0.25) is 0 Å². The molecule has 5 nitrogen and oxygen atoms in total. The molecule has 0 aromatic carbocycles. The number of fused-ring (bicyclic) bond motifs is 1. The summed E-state index contributed by atoms with van der Waals surface area (Å²) in [6, 6.07) is 0. The molecule has 1 N–H and O–H groups in total. The molecule has 0 saturated heterocycles. The third-order valence-electron chi connectivity index (χ3n) is 4.32. The van der Waals surface area contributed by atoms with Crippen LogP contribution in [0.5, 0.6) is 0 Å². The molecule has 2 heterocycles. The number of alkyl halides is 1. The van der Waals surface area contributed by atoms with Crippen LogP contribution in [0.15, 0.2) is 29.7 Å². The van der Waals surface area contributed by atoms with Crippen molar-refractivity contribution in [3.8, 4) is 5.00 Å². The van der Waals surface area contributed by atoms with E-state index < -0.39 is 5.97 Å². The Labute approximate surface area is 158 Å². The normalized spacial score (nSPS) is 19.1. The number of hydrogen-bond acceptors (Lipinski definition) is 5. The Morgan fingerprint density at radius 1 is 1.44 bits per heavy atom. The molecule has 0 saturated carbocycles. The smallest absolute Gasteiger partial charge is 0.313 e. The Morgan fingerprint density at radius 2 is 2.28 bits per heavy atom. The first kappa shape index (κ1) is 16.9. The molecule has 0 aliphatic heterocycles. The first-order valence-electron chi connectivity index (χ1n) is 8.06. The van der Waals surface area contributed by atoms with Crippen molar-refractivity contribution in [2.45, 2.75) is 36.2 Å². The predicted octanol–water partition coefficient (Wildman–Crippen LogP) is 3.94. The number of rotatable bonds is 5. The summed E-state index contributed by atoms with van der Waals surface area (Å²) in [6.07, 6.45) is 12.2. The largest absolute Gasteiger partial charge is 0.481 e. The number of nitrogens with zero attached hydrogens (tertiary/aromatic N) is 3. The van der Waals surface area contributed by atoms with Gasteiger partial charge in [0.05, 0.1) is 11.1 Å². The van der Waals surface area contributed by atoms with E-state index in [9.17, 15) is 4.79 Å². The molecular formula is C17H16ClN3O2S2. The van der Waals surface area contributed by atoms with Crippen LogP contribution in [0.3, 0.4) is 0 Å². The number of allylic oxidation sites excluding steroid dienone is 4. The van der Waals surface area contributed by atoms with Crippen molar-refractivity contribution in [1.82, 2.24) is 14.8 Å². The molecular weight excluding hydrogens is 378 g/mol. The fourth-order valence-corrected chi connectivity index (χ4v) is 5.47. The summed E-state index contributed by atoms with van der Waals surface area (Å²) in [5.74, 6) is -0.880. The van der Waals surface area contributed by atoms with Crippen LogP contribution >= 0.6 is 34.7 Å². The average Bonchev–Trinajstić information content (AvgIpc) is 3.30. The van der Waals surface area contributed by atoms with Crippen molar-refractivity contribution in [2.75, 3.05) is 5.75 Å². The lowest BCUT2D eigenvalue weighted by atomic mass is 10.0. The van der Waals surface area contributed by atoms with Crippen molar-refractivity contribution in [3.05, 3.63) is 40.6 Å². The van der Waals surface area contributed by atoms with Gasteiger partial charge in [-0.3, -0.25) is 9.36 Å². The van der Waals surface area contributed by atoms with Gasteiger partial charge in [-0.05, 0) is 42.4 Å². The maximum atomic E-state index is 10.9. The molecule has 1 unspecified atom stereocenters. The van der Waals surface area contributed by atoms with Gasteiger partial charge >= 0.3 is 5.97 Å². The zero-order valence-corrected chi connectivity index (χ0v) is 15.7. The molecule has 0 radical (unpaired) electrons. The lowest BCUT2D eigenvalue weighted by Crippen LogP contribution is -2.01. The standard InChI is InChI=1S/C17H16ClN3O2S2/c18-11-6-4-10(5-7-11)15-12-2-1-3-13(12)16(25-15)21-9-19-20-17(21)24-8-14(22)23/h4-6,9,11H,1-3,7-8H2,(H,22,23). The van der Waals surface area contributed by atoms with Gasteiger partial charge in [0.2, 0.25) is 0 Å². The summed E-state index contributed by atoms with van der Waals surface area (Å²) in [6.45, 7) is 0. The predicted molar refractivity (Wildman–Crippen MR) is 101 cm³/mol. The van der Waals surface area contributed by atoms with Crippen LogP contribution in [0.25, 0.3) is 10.6 Å². The van der Waals surface area contributed by atoms with Gasteiger partial charge in [-0.25, -0.2) is 0 Å². The average molecular weight is 394 g/mol. The molecule has 2 aromatic rings. The van der Waals surface area contributed by atoms with Crippen LogP contribution in [0, 0.1) is 0 Å². The van der Waals surface area contributed by atoms with Crippen molar-refractivity contribution < 1.29 is 9.90 Å². The van der Waals surface area contributed by atoms with E-state index in [2.05, 4.69) is 22.3 Å². The summed E-state index contributed by atoms with van der Waals surface area (Å²) in [5.41, 5.74) is 3.99. The third kappa shape index (κ3) is 3.28. The molecule has 130 valence electrons. The third-order valence-corrected chi connectivity index (χ3v) is 6.89. The Kier molecular flexibility index (Phi) is 4.71. The van der Waals surface area contributed by atoms with E-state index in [0.717, 1.165) is 30.7 Å². The first-order valence-corrected chi connectivity index (χ1v) is 10.3. The van der Waals surface area contributed by atoms with Gasteiger partial charge in [0.1, 0.15) is 11.3 Å². The van der Waals surface area contributed by atoms with E-state index in [1.54, 1.807) is 17.7 Å². The summed E-state index contributed by atoms with van der Waals surface area (Å²) in [4.78, 5) is 12.2. The Bertz CT molecular complexity index is 885.